The summed E-state index contributed by atoms with van der Waals surface area (Å²) in [6.07, 6.45) is 1.43. The number of rotatable bonds is 9. The van der Waals surface area contributed by atoms with Crippen molar-refractivity contribution in [2.24, 2.45) is 0 Å². The summed E-state index contributed by atoms with van der Waals surface area (Å²) in [6.45, 7) is 2.82. The maximum Gasteiger partial charge on any atom is 0.306 e. The monoisotopic (exact) mass is 669 g/mol. The Morgan fingerprint density at radius 1 is 0.930 bits per heavy atom. The van der Waals surface area contributed by atoms with Gasteiger partial charge in [0.1, 0.15) is 17.2 Å². The van der Waals surface area contributed by atoms with Crippen molar-refractivity contribution in [2.45, 2.75) is 19.1 Å². The van der Waals surface area contributed by atoms with Crippen LogP contribution >= 0.6 is 11.3 Å². The summed E-state index contributed by atoms with van der Waals surface area (Å²) in [7, 11) is -12.9. The van der Waals surface area contributed by atoms with Crippen LogP contribution in [0.2, 0.25) is 0 Å². The van der Waals surface area contributed by atoms with Crippen LogP contribution in [0, 0.1) is 5.82 Å². The minimum atomic E-state index is -4.38. The van der Waals surface area contributed by atoms with Crippen LogP contribution in [0.15, 0.2) is 47.2 Å². The molecule has 0 aliphatic carbocycles. The second-order valence-corrected chi connectivity index (χ2v) is 15.9. The predicted octanol–water partition coefficient (Wildman–Crippen LogP) is 3.81. The summed E-state index contributed by atoms with van der Waals surface area (Å²) in [5.74, 6) is -2.10. The number of aromatic nitrogens is 4. The summed E-state index contributed by atoms with van der Waals surface area (Å²) < 4.78 is 102. The van der Waals surface area contributed by atoms with Crippen LogP contribution in [-0.2, 0) is 30.3 Å². The van der Waals surface area contributed by atoms with E-state index in [0.717, 1.165) is 6.26 Å². The Labute approximate surface area is 250 Å². The Kier molecular flexibility index (Phi) is 7.52. The quantitative estimate of drug-likeness (QED) is 0.217. The fourth-order valence-electron chi connectivity index (χ4n) is 4.21. The molecule has 0 aliphatic heterocycles. The van der Waals surface area contributed by atoms with E-state index in [1.54, 1.807) is 16.8 Å². The molecular weight excluding hydrogens is 646 g/mol. The summed E-state index contributed by atoms with van der Waals surface area (Å²) in [6, 6.07) is 8.24. The summed E-state index contributed by atoms with van der Waals surface area (Å²) in [5.41, 5.74) is 6.53. The topological polar surface area (TPSA) is 193 Å². The number of benzene rings is 2. The Morgan fingerprint density at radius 3 is 2.12 bits per heavy atom. The van der Waals surface area contributed by atoms with Gasteiger partial charge in [-0.05, 0) is 55.6 Å². The number of nitrogens with zero attached hydrogens (tertiary/aromatic N) is 3. The van der Waals surface area contributed by atoms with Crippen LogP contribution in [0.3, 0.4) is 0 Å². The van der Waals surface area contributed by atoms with Gasteiger partial charge in [-0.1, -0.05) is 0 Å². The number of aromatic amines is 1. The highest BCUT2D eigenvalue weighted by Gasteiger charge is 2.33. The van der Waals surface area contributed by atoms with E-state index in [-0.39, 0.29) is 22.5 Å². The van der Waals surface area contributed by atoms with Crippen LogP contribution in [0.1, 0.15) is 13.8 Å². The molecule has 0 unspecified atom stereocenters. The Balaban J connectivity index is 1.98. The number of fused-ring (bicyclic) bond motifs is 1. The SMILES string of the molecule is CC(C)S(=O)(=O)n1c(N)nc2c(OS(C)(=O)=O)c(OS(C)(=O)=O)c(-c3[nH]c(-c4ccsc4)nc3-c3ccc(F)cc3)cc21. The average Bonchev–Trinajstić information content (AvgIpc) is 3.62. The van der Waals surface area contributed by atoms with E-state index in [0.29, 0.717) is 27.2 Å². The van der Waals surface area contributed by atoms with E-state index < -0.39 is 64.3 Å². The van der Waals surface area contributed by atoms with Gasteiger partial charge in [-0.25, -0.2) is 26.7 Å². The third kappa shape index (κ3) is 5.95. The van der Waals surface area contributed by atoms with E-state index in [4.69, 9.17) is 14.1 Å². The van der Waals surface area contributed by atoms with Gasteiger partial charge in [0.25, 0.3) is 0 Å². The molecule has 2 aromatic carbocycles. The van der Waals surface area contributed by atoms with Gasteiger partial charge in [0.05, 0.1) is 40.2 Å². The lowest BCUT2D eigenvalue weighted by Crippen LogP contribution is -2.23. The summed E-state index contributed by atoms with van der Waals surface area (Å²) >= 11 is 1.38. The maximum atomic E-state index is 13.8. The molecule has 0 aliphatic rings. The second kappa shape index (κ2) is 10.6. The molecule has 0 atom stereocenters. The minimum absolute atomic E-state index is 0.0694. The lowest BCUT2D eigenvalue weighted by molar-refractivity contribution is 0.458. The molecule has 3 heterocycles. The van der Waals surface area contributed by atoms with Crippen molar-refractivity contribution in [3.05, 3.63) is 53.0 Å². The first-order chi connectivity index (χ1) is 20.0. The average molecular weight is 670 g/mol. The Morgan fingerprint density at radius 2 is 1.56 bits per heavy atom. The van der Waals surface area contributed by atoms with Gasteiger partial charge in [0.2, 0.25) is 21.7 Å². The van der Waals surface area contributed by atoms with Gasteiger partial charge < -0.3 is 19.1 Å². The highest BCUT2D eigenvalue weighted by Crippen LogP contribution is 2.48. The normalized spacial score (nSPS) is 12.7. The third-order valence-corrected chi connectivity index (χ3v) is 9.75. The van der Waals surface area contributed by atoms with Gasteiger partial charge in [-0.2, -0.15) is 28.2 Å². The first kappa shape index (κ1) is 30.5. The number of halogens is 1. The van der Waals surface area contributed by atoms with E-state index >= 15 is 0 Å². The minimum Gasteiger partial charge on any atom is -0.378 e. The van der Waals surface area contributed by atoms with E-state index in [1.165, 1.54) is 55.5 Å². The lowest BCUT2D eigenvalue weighted by Gasteiger charge is -2.16. The zero-order valence-electron chi connectivity index (χ0n) is 22.9. The number of nitrogens with two attached hydrogens (primary N) is 1. The molecule has 3 aromatic heterocycles. The predicted molar refractivity (Wildman–Crippen MR) is 161 cm³/mol. The zero-order chi connectivity index (χ0) is 31.5. The molecule has 5 rings (SSSR count). The molecule has 5 aromatic rings. The fourth-order valence-corrected chi connectivity index (χ4v) is 6.91. The molecule has 0 radical (unpaired) electrons. The molecule has 0 fully saturated rings. The van der Waals surface area contributed by atoms with Gasteiger partial charge in [-0.15, -0.1) is 0 Å². The van der Waals surface area contributed by atoms with Crippen molar-refractivity contribution in [1.82, 2.24) is 18.9 Å². The van der Waals surface area contributed by atoms with Crippen LogP contribution in [-0.4, -0.2) is 61.9 Å². The number of thiophene rings is 1. The van der Waals surface area contributed by atoms with Crippen LogP contribution < -0.4 is 14.1 Å². The van der Waals surface area contributed by atoms with Gasteiger partial charge in [0, 0.05) is 16.5 Å². The number of anilines is 1. The van der Waals surface area contributed by atoms with Crippen molar-refractivity contribution in [2.75, 3.05) is 18.2 Å². The highest BCUT2D eigenvalue weighted by atomic mass is 32.2. The largest absolute Gasteiger partial charge is 0.378 e. The van der Waals surface area contributed by atoms with Crippen molar-refractivity contribution in [1.29, 1.82) is 0 Å². The second-order valence-electron chi connectivity index (χ2n) is 9.68. The lowest BCUT2D eigenvalue weighted by atomic mass is 10.0. The number of imidazole rings is 2. The fraction of sp³-hybridized carbons (Fsp3) is 0.200. The molecule has 3 N–H and O–H groups in total. The van der Waals surface area contributed by atoms with Crippen LogP contribution in [0.5, 0.6) is 11.5 Å². The van der Waals surface area contributed by atoms with Crippen LogP contribution in [0.25, 0.3) is 44.9 Å². The van der Waals surface area contributed by atoms with Gasteiger partial charge in [-0.3, -0.25) is 0 Å². The highest BCUT2D eigenvalue weighted by molar-refractivity contribution is 7.90. The van der Waals surface area contributed by atoms with Gasteiger partial charge in [0.15, 0.2) is 5.75 Å². The molecule has 0 amide bonds. The summed E-state index contributed by atoms with van der Waals surface area (Å²) in [4.78, 5) is 11.8. The molecule has 228 valence electrons. The molecular formula is C25H24FN5O8S4. The van der Waals surface area contributed by atoms with E-state index in [9.17, 15) is 29.6 Å². The number of H-pyrrole nitrogens is 1. The maximum absolute atomic E-state index is 13.8. The molecule has 43 heavy (non-hydrogen) atoms. The van der Waals surface area contributed by atoms with Gasteiger partial charge >= 0.3 is 20.2 Å². The third-order valence-electron chi connectivity index (χ3n) is 6.05. The molecule has 13 nitrogen and oxygen atoms in total. The number of nitrogens with one attached hydrogen (secondary N) is 1. The van der Waals surface area contributed by atoms with Crippen LogP contribution in [0.4, 0.5) is 10.3 Å². The number of hydrogen-bond acceptors (Lipinski definition) is 12. The molecule has 0 saturated heterocycles. The molecule has 18 heteroatoms. The first-order valence-corrected chi connectivity index (χ1v) is 18.3. The van der Waals surface area contributed by atoms with Crippen molar-refractivity contribution < 1.29 is 38.0 Å². The van der Waals surface area contributed by atoms with Crippen molar-refractivity contribution in [3.8, 4) is 45.4 Å². The van der Waals surface area contributed by atoms with E-state index in [1.807, 2.05) is 0 Å². The first-order valence-electron chi connectivity index (χ1n) is 12.2. The Hall–Kier alpha value is -4.00. The number of nitrogen functional groups attached to an aromatic ring is 1. The molecule has 0 bridgehead atoms. The zero-order valence-corrected chi connectivity index (χ0v) is 26.2. The Bertz CT molecular complexity index is 2190. The smallest absolute Gasteiger partial charge is 0.306 e. The summed E-state index contributed by atoms with van der Waals surface area (Å²) in [5, 5.41) is 2.60. The van der Waals surface area contributed by atoms with Crippen molar-refractivity contribution >= 4 is 58.6 Å². The number of hydrogen-bond donors (Lipinski definition) is 2. The van der Waals surface area contributed by atoms with Crippen molar-refractivity contribution in [3.63, 3.8) is 0 Å². The van der Waals surface area contributed by atoms with E-state index in [2.05, 4.69) is 15.0 Å². The molecule has 0 saturated carbocycles. The molecule has 0 spiro atoms. The standard InChI is InChI=1S/C25H24FN5O8S4/c1-13(2)43(36,37)31-18-11-17(22(38-41(3,32)33)23(39-42(4,34)35)21(18)30-25(31)27)20-19(14-5-7-16(26)8-6-14)28-24(29-20)15-9-10-40-12-15/h5-13H,1-4H3,(H2,27,30)(H,28,29).